The summed E-state index contributed by atoms with van der Waals surface area (Å²) in [7, 11) is -3.75. The van der Waals surface area contributed by atoms with Crippen molar-refractivity contribution in [2.24, 2.45) is 0 Å². The lowest BCUT2D eigenvalue weighted by Crippen LogP contribution is -2.08. The van der Waals surface area contributed by atoms with Gasteiger partial charge in [-0.25, -0.2) is 0 Å². The van der Waals surface area contributed by atoms with Crippen LogP contribution in [0.5, 0.6) is 0 Å². The molecular weight excluding hydrogens is 262 g/mol. The van der Waals surface area contributed by atoms with E-state index in [-0.39, 0.29) is 11.5 Å². The Balaban J connectivity index is 2.64. The normalized spacial score (nSPS) is 11.5. The van der Waals surface area contributed by atoms with Crippen molar-refractivity contribution in [2.75, 3.05) is 6.61 Å². The van der Waals surface area contributed by atoms with Gasteiger partial charge in [-0.2, -0.15) is 8.42 Å². The monoisotopic (exact) mass is 277 g/mol. The van der Waals surface area contributed by atoms with Crippen molar-refractivity contribution in [1.29, 1.82) is 0 Å². The summed E-state index contributed by atoms with van der Waals surface area (Å²) in [4.78, 5) is 4.36. The Bertz CT molecular complexity index is 666. The number of benzene rings is 1. The van der Waals surface area contributed by atoms with Gasteiger partial charge in [-0.1, -0.05) is 17.7 Å². The van der Waals surface area contributed by atoms with Crippen molar-refractivity contribution in [3.63, 3.8) is 0 Å². The van der Waals surface area contributed by atoms with E-state index in [2.05, 4.69) is 4.98 Å². The lowest BCUT2D eigenvalue weighted by atomic mass is 10.1. The van der Waals surface area contributed by atoms with E-state index in [1.807, 2.05) is 13.0 Å². The molecule has 2 aromatic rings. The molecule has 0 aliphatic carbocycles. The molecule has 0 saturated carbocycles. The summed E-state index contributed by atoms with van der Waals surface area (Å²) in [6.07, 6.45) is 1.63. The zero-order chi connectivity index (χ0) is 13.9. The molecule has 0 radical (unpaired) electrons. The first-order valence-corrected chi connectivity index (χ1v) is 7.37. The number of aryl methyl sites for hydroxylation is 1. The van der Waals surface area contributed by atoms with Gasteiger partial charge >= 0.3 is 0 Å². The second-order valence-electron chi connectivity index (χ2n) is 4.08. The quantitative estimate of drug-likeness (QED) is 0.806. The molecule has 100 valence electrons. The van der Waals surface area contributed by atoms with Crippen LogP contribution in [-0.2, 0) is 14.3 Å². The zero-order valence-electron chi connectivity index (χ0n) is 10.8. The Hall–Kier alpha value is -1.72. The molecule has 0 unspecified atom stereocenters. The molecule has 0 amide bonds. The van der Waals surface area contributed by atoms with Crippen molar-refractivity contribution in [3.05, 3.63) is 48.2 Å². The van der Waals surface area contributed by atoms with Crippen LogP contribution < -0.4 is 0 Å². The van der Waals surface area contributed by atoms with E-state index < -0.39 is 10.1 Å². The summed E-state index contributed by atoms with van der Waals surface area (Å²) < 4.78 is 29.0. The van der Waals surface area contributed by atoms with Gasteiger partial charge in [-0.15, -0.1) is 0 Å². The standard InChI is InChI=1S/C14H15NO3S/c1-3-18-19(16,17)14-8-7-11(2)10-12(14)13-6-4-5-9-15-13/h4-10H,3H2,1-2H3. The number of rotatable bonds is 4. The van der Waals surface area contributed by atoms with Gasteiger partial charge in [-0.05, 0) is 38.1 Å². The minimum atomic E-state index is -3.75. The van der Waals surface area contributed by atoms with Gasteiger partial charge in [0.1, 0.15) is 4.90 Å². The van der Waals surface area contributed by atoms with E-state index in [1.54, 1.807) is 43.5 Å². The Morgan fingerprint density at radius 2 is 2.00 bits per heavy atom. The first-order valence-electron chi connectivity index (χ1n) is 5.96. The van der Waals surface area contributed by atoms with Crippen LogP contribution in [0.4, 0.5) is 0 Å². The third-order valence-electron chi connectivity index (χ3n) is 2.62. The van der Waals surface area contributed by atoms with Gasteiger partial charge in [0, 0.05) is 11.8 Å². The van der Waals surface area contributed by atoms with Crippen molar-refractivity contribution in [3.8, 4) is 11.3 Å². The molecule has 0 atom stereocenters. The maximum atomic E-state index is 12.1. The highest BCUT2D eigenvalue weighted by Gasteiger charge is 2.20. The highest BCUT2D eigenvalue weighted by Crippen LogP contribution is 2.28. The number of nitrogens with zero attached hydrogens (tertiary/aromatic N) is 1. The highest BCUT2D eigenvalue weighted by molar-refractivity contribution is 7.87. The summed E-state index contributed by atoms with van der Waals surface area (Å²) in [5, 5.41) is 0. The SMILES string of the molecule is CCOS(=O)(=O)c1ccc(C)cc1-c1ccccn1. The summed E-state index contributed by atoms with van der Waals surface area (Å²) >= 11 is 0. The molecule has 0 bridgehead atoms. The highest BCUT2D eigenvalue weighted by atomic mass is 32.2. The van der Waals surface area contributed by atoms with Crippen LogP contribution in [0, 0.1) is 6.92 Å². The van der Waals surface area contributed by atoms with Gasteiger partial charge in [0.05, 0.1) is 12.3 Å². The van der Waals surface area contributed by atoms with Gasteiger partial charge < -0.3 is 0 Å². The molecule has 2 rings (SSSR count). The second kappa shape index (κ2) is 5.50. The van der Waals surface area contributed by atoms with Gasteiger partial charge in [-0.3, -0.25) is 9.17 Å². The van der Waals surface area contributed by atoms with Gasteiger partial charge in [0.25, 0.3) is 10.1 Å². The molecular formula is C14H15NO3S. The molecule has 0 N–H and O–H groups in total. The predicted molar refractivity (Wildman–Crippen MR) is 73.2 cm³/mol. The molecule has 0 aliphatic heterocycles. The fourth-order valence-corrected chi connectivity index (χ4v) is 2.91. The minimum absolute atomic E-state index is 0.109. The fourth-order valence-electron chi connectivity index (χ4n) is 1.80. The van der Waals surface area contributed by atoms with Crippen LogP contribution >= 0.6 is 0 Å². The zero-order valence-corrected chi connectivity index (χ0v) is 11.6. The van der Waals surface area contributed by atoms with E-state index in [0.29, 0.717) is 11.3 Å². The van der Waals surface area contributed by atoms with Gasteiger partial charge in [0.15, 0.2) is 0 Å². The molecule has 0 spiro atoms. The number of pyridine rings is 1. The fraction of sp³-hybridized carbons (Fsp3) is 0.214. The molecule has 1 aromatic heterocycles. The number of aromatic nitrogens is 1. The summed E-state index contributed by atoms with van der Waals surface area (Å²) in [5.41, 5.74) is 2.15. The van der Waals surface area contributed by atoms with Crippen molar-refractivity contribution in [2.45, 2.75) is 18.7 Å². The molecule has 0 aliphatic rings. The smallest absolute Gasteiger partial charge is 0.267 e. The van der Waals surface area contributed by atoms with Crippen molar-refractivity contribution >= 4 is 10.1 Å². The summed E-state index contributed by atoms with van der Waals surface area (Å²) in [5.74, 6) is 0. The number of hydrogen-bond acceptors (Lipinski definition) is 4. The molecule has 19 heavy (non-hydrogen) atoms. The van der Waals surface area contributed by atoms with E-state index in [1.165, 1.54) is 0 Å². The topological polar surface area (TPSA) is 56.3 Å². The molecule has 0 saturated heterocycles. The predicted octanol–water partition coefficient (Wildman–Crippen LogP) is 2.78. The van der Waals surface area contributed by atoms with Crippen molar-refractivity contribution in [1.82, 2.24) is 4.98 Å². The van der Waals surface area contributed by atoms with Crippen LogP contribution in [0.1, 0.15) is 12.5 Å². The Morgan fingerprint density at radius 3 is 2.63 bits per heavy atom. The van der Waals surface area contributed by atoms with Crippen LogP contribution in [0.2, 0.25) is 0 Å². The van der Waals surface area contributed by atoms with Crippen LogP contribution in [0.25, 0.3) is 11.3 Å². The second-order valence-corrected chi connectivity index (χ2v) is 5.66. The lowest BCUT2D eigenvalue weighted by molar-refractivity contribution is 0.338. The van der Waals surface area contributed by atoms with E-state index in [4.69, 9.17) is 4.18 Å². The molecule has 4 nitrogen and oxygen atoms in total. The van der Waals surface area contributed by atoms with Crippen LogP contribution in [-0.4, -0.2) is 20.0 Å². The average Bonchev–Trinajstić information content (AvgIpc) is 2.39. The number of hydrogen-bond donors (Lipinski definition) is 0. The van der Waals surface area contributed by atoms with Gasteiger partial charge in [0.2, 0.25) is 0 Å². The Kier molecular flexibility index (Phi) is 3.97. The molecule has 5 heteroatoms. The van der Waals surface area contributed by atoms with E-state index in [9.17, 15) is 8.42 Å². The first kappa shape index (κ1) is 13.7. The van der Waals surface area contributed by atoms with E-state index >= 15 is 0 Å². The first-order chi connectivity index (χ1) is 9.04. The third kappa shape index (κ3) is 3.00. The maximum absolute atomic E-state index is 12.1. The van der Waals surface area contributed by atoms with Crippen LogP contribution in [0.15, 0.2) is 47.5 Å². The summed E-state index contributed by atoms with van der Waals surface area (Å²) in [6.45, 7) is 3.66. The van der Waals surface area contributed by atoms with Crippen molar-refractivity contribution < 1.29 is 12.6 Å². The molecule has 1 aromatic carbocycles. The molecule has 0 fully saturated rings. The Morgan fingerprint density at radius 1 is 1.21 bits per heavy atom. The van der Waals surface area contributed by atoms with E-state index in [0.717, 1.165) is 5.56 Å². The summed E-state index contributed by atoms with van der Waals surface area (Å²) in [6, 6.07) is 10.5. The van der Waals surface area contributed by atoms with Crippen LogP contribution in [0.3, 0.4) is 0 Å². The molecule has 1 heterocycles. The Labute approximate surface area is 113 Å². The average molecular weight is 277 g/mol. The largest absolute Gasteiger partial charge is 0.297 e. The maximum Gasteiger partial charge on any atom is 0.297 e. The minimum Gasteiger partial charge on any atom is -0.267 e. The lowest BCUT2D eigenvalue weighted by Gasteiger charge is -2.10. The third-order valence-corrected chi connectivity index (χ3v) is 4.06.